The van der Waals surface area contributed by atoms with Gasteiger partial charge in [0.25, 0.3) is 0 Å². The first-order valence-corrected chi connectivity index (χ1v) is 7.83. The first kappa shape index (κ1) is 15.7. The molecule has 106 valence electrons. The summed E-state index contributed by atoms with van der Waals surface area (Å²) in [5, 5.41) is 15.2. The van der Waals surface area contributed by atoms with Crippen molar-refractivity contribution in [3.05, 3.63) is 35.9 Å². The van der Waals surface area contributed by atoms with E-state index in [2.05, 4.69) is 10.5 Å². The van der Waals surface area contributed by atoms with Crippen LogP contribution in [0.5, 0.6) is 0 Å². The summed E-state index contributed by atoms with van der Waals surface area (Å²) >= 11 is 0. The fourth-order valence-corrected chi connectivity index (χ4v) is 2.70. The number of nitrogens with zero attached hydrogens (tertiary/aromatic N) is 1. The zero-order valence-electron chi connectivity index (χ0n) is 11.2. The first-order valence-electron chi connectivity index (χ1n) is 6.10. The third-order valence-corrected chi connectivity index (χ3v) is 3.80. The van der Waals surface area contributed by atoms with E-state index in [1.165, 1.54) is 0 Å². The summed E-state index contributed by atoms with van der Waals surface area (Å²) < 4.78 is 11.1. The number of nitrogens with two attached hydrogens (primary N) is 1. The van der Waals surface area contributed by atoms with Gasteiger partial charge in [-0.1, -0.05) is 35.5 Å². The van der Waals surface area contributed by atoms with Crippen LogP contribution in [-0.4, -0.2) is 39.8 Å². The van der Waals surface area contributed by atoms with Crippen molar-refractivity contribution in [3.8, 4) is 0 Å². The van der Waals surface area contributed by atoms with Crippen LogP contribution in [0, 0.1) is 0 Å². The summed E-state index contributed by atoms with van der Waals surface area (Å²) in [6.45, 7) is 2.51. The topological polar surface area (TPSA) is 87.7 Å². The van der Waals surface area contributed by atoms with E-state index in [1.54, 1.807) is 6.26 Å². The molecule has 0 fully saturated rings. The molecule has 3 atom stereocenters. The van der Waals surface area contributed by atoms with E-state index in [-0.39, 0.29) is 17.8 Å². The maximum atomic E-state index is 11.1. The van der Waals surface area contributed by atoms with E-state index in [4.69, 9.17) is 10.9 Å². The van der Waals surface area contributed by atoms with Crippen LogP contribution in [-0.2, 0) is 10.8 Å². The van der Waals surface area contributed by atoms with E-state index >= 15 is 0 Å². The molecule has 0 aliphatic carbocycles. The fraction of sp³-hybridized carbons (Fsp3) is 0.462. The van der Waals surface area contributed by atoms with Crippen LogP contribution in [0.4, 0.5) is 0 Å². The Morgan fingerprint density at radius 2 is 2.11 bits per heavy atom. The molecular weight excluding hydrogens is 262 g/mol. The summed E-state index contributed by atoms with van der Waals surface area (Å²) in [6.07, 6.45) is 1.68. The molecule has 0 aliphatic rings. The molecule has 1 rings (SSSR count). The molecule has 0 radical (unpaired) electrons. The van der Waals surface area contributed by atoms with Gasteiger partial charge in [-0.2, -0.15) is 0 Å². The molecule has 0 amide bonds. The maximum absolute atomic E-state index is 11.1. The molecule has 5 nitrogen and oxygen atoms in total. The van der Waals surface area contributed by atoms with Crippen LogP contribution >= 0.6 is 0 Å². The average molecular weight is 283 g/mol. The van der Waals surface area contributed by atoms with Gasteiger partial charge in [-0.25, -0.2) is 0 Å². The highest BCUT2D eigenvalue weighted by Gasteiger charge is 2.17. The van der Waals surface area contributed by atoms with Crippen molar-refractivity contribution in [2.45, 2.75) is 18.9 Å². The van der Waals surface area contributed by atoms with Gasteiger partial charge in [0.15, 0.2) is 0 Å². The van der Waals surface area contributed by atoms with Crippen molar-refractivity contribution in [1.29, 1.82) is 0 Å². The third-order valence-electron chi connectivity index (χ3n) is 2.83. The number of amidine groups is 1. The smallest absolute Gasteiger partial charge is 0.147 e. The molecular formula is C13H21N3O2S. The second-order valence-corrected chi connectivity index (χ2v) is 6.02. The SMILES string of the molecule is CC(CS(C)=O)NCC(/C(N)=N/O)c1ccccc1. The van der Waals surface area contributed by atoms with Crippen LogP contribution in [0.25, 0.3) is 0 Å². The summed E-state index contributed by atoms with van der Waals surface area (Å²) in [5.41, 5.74) is 6.72. The molecule has 3 unspecified atom stereocenters. The average Bonchev–Trinajstić information content (AvgIpc) is 2.39. The standard InChI is InChI=1S/C13H21N3O2S/c1-10(9-19(2)18)15-8-12(13(14)16-17)11-6-4-3-5-7-11/h3-7,10,12,15,17H,8-9H2,1-2H3,(H2,14,16). The number of oxime groups is 1. The summed E-state index contributed by atoms with van der Waals surface area (Å²) in [6, 6.07) is 9.74. The van der Waals surface area contributed by atoms with Gasteiger partial charge in [0, 0.05) is 35.4 Å². The van der Waals surface area contributed by atoms with Gasteiger partial charge in [0.2, 0.25) is 0 Å². The number of hydrogen-bond donors (Lipinski definition) is 3. The largest absolute Gasteiger partial charge is 0.409 e. The van der Waals surface area contributed by atoms with E-state index in [9.17, 15) is 4.21 Å². The van der Waals surface area contributed by atoms with Gasteiger partial charge in [-0.3, -0.25) is 4.21 Å². The van der Waals surface area contributed by atoms with Crippen LogP contribution in [0.3, 0.4) is 0 Å². The van der Waals surface area contributed by atoms with Crippen LogP contribution in [0.1, 0.15) is 18.4 Å². The molecule has 1 aromatic carbocycles. The van der Waals surface area contributed by atoms with Crippen molar-refractivity contribution < 1.29 is 9.42 Å². The predicted octanol–water partition coefficient (Wildman–Crippen LogP) is 0.873. The Balaban J connectivity index is 2.70. The second-order valence-electron chi connectivity index (χ2n) is 4.54. The van der Waals surface area contributed by atoms with Gasteiger partial charge < -0.3 is 16.3 Å². The molecule has 0 saturated carbocycles. The van der Waals surface area contributed by atoms with E-state index in [0.717, 1.165) is 5.56 Å². The van der Waals surface area contributed by atoms with E-state index in [1.807, 2.05) is 37.3 Å². The predicted molar refractivity (Wildman–Crippen MR) is 79.0 cm³/mol. The minimum absolute atomic E-state index is 0.114. The zero-order valence-corrected chi connectivity index (χ0v) is 12.1. The van der Waals surface area contributed by atoms with Gasteiger partial charge in [-0.05, 0) is 12.5 Å². The summed E-state index contributed by atoms with van der Waals surface area (Å²) in [5.74, 6) is 0.556. The van der Waals surface area contributed by atoms with Crippen molar-refractivity contribution in [2.24, 2.45) is 10.9 Å². The molecule has 0 aromatic heterocycles. The molecule has 6 heteroatoms. The number of hydrogen-bond acceptors (Lipinski definition) is 4. The van der Waals surface area contributed by atoms with Crippen LogP contribution in [0.15, 0.2) is 35.5 Å². The normalized spacial score (nSPS) is 16.8. The Labute approximate surface area is 116 Å². The lowest BCUT2D eigenvalue weighted by molar-refractivity contribution is 0.315. The molecule has 1 aromatic rings. The monoisotopic (exact) mass is 283 g/mol. The van der Waals surface area contributed by atoms with Crippen molar-refractivity contribution in [2.75, 3.05) is 18.6 Å². The fourth-order valence-electron chi connectivity index (χ4n) is 1.88. The molecule has 0 spiro atoms. The molecule has 19 heavy (non-hydrogen) atoms. The van der Waals surface area contributed by atoms with Crippen molar-refractivity contribution in [3.63, 3.8) is 0 Å². The molecule has 0 heterocycles. The molecule has 0 aliphatic heterocycles. The van der Waals surface area contributed by atoms with E-state index in [0.29, 0.717) is 12.3 Å². The number of rotatable bonds is 7. The van der Waals surface area contributed by atoms with Gasteiger partial charge in [-0.15, -0.1) is 0 Å². The van der Waals surface area contributed by atoms with Crippen LogP contribution in [0.2, 0.25) is 0 Å². The lowest BCUT2D eigenvalue weighted by atomic mass is 9.98. The molecule has 0 saturated heterocycles. The van der Waals surface area contributed by atoms with Gasteiger partial charge in [0.05, 0.1) is 5.92 Å². The van der Waals surface area contributed by atoms with Crippen LogP contribution < -0.4 is 11.1 Å². The maximum Gasteiger partial charge on any atom is 0.147 e. The highest BCUT2D eigenvalue weighted by atomic mass is 32.2. The van der Waals surface area contributed by atoms with Crippen molar-refractivity contribution in [1.82, 2.24) is 5.32 Å². The Kier molecular flexibility index (Phi) is 6.52. The minimum atomic E-state index is -0.841. The van der Waals surface area contributed by atoms with Gasteiger partial charge in [0.1, 0.15) is 5.84 Å². The van der Waals surface area contributed by atoms with Gasteiger partial charge >= 0.3 is 0 Å². The highest BCUT2D eigenvalue weighted by molar-refractivity contribution is 7.84. The Morgan fingerprint density at radius 1 is 1.47 bits per heavy atom. The minimum Gasteiger partial charge on any atom is -0.409 e. The zero-order chi connectivity index (χ0) is 14.3. The summed E-state index contributed by atoms with van der Waals surface area (Å²) in [4.78, 5) is 0. The Morgan fingerprint density at radius 3 is 2.63 bits per heavy atom. The Hall–Kier alpha value is -1.40. The third kappa shape index (κ3) is 5.40. The lowest BCUT2D eigenvalue weighted by Crippen LogP contribution is -2.38. The number of benzene rings is 1. The second kappa shape index (κ2) is 7.91. The lowest BCUT2D eigenvalue weighted by Gasteiger charge is -2.19. The van der Waals surface area contributed by atoms with E-state index < -0.39 is 10.8 Å². The quantitative estimate of drug-likeness (QED) is 0.300. The highest BCUT2D eigenvalue weighted by Crippen LogP contribution is 2.15. The number of nitrogens with one attached hydrogen (secondary N) is 1. The molecule has 0 bridgehead atoms. The van der Waals surface area contributed by atoms with Crippen molar-refractivity contribution >= 4 is 16.6 Å². The molecule has 4 N–H and O–H groups in total. The Bertz CT molecular complexity index is 437. The summed E-state index contributed by atoms with van der Waals surface area (Å²) in [7, 11) is -0.841. The first-order chi connectivity index (χ1) is 9.04.